The van der Waals surface area contributed by atoms with Crippen molar-refractivity contribution in [2.75, 3.05) is 5.32 Å². The van der Waals surface area contributed by atoms with Crippen LogP contribution in [0.5, 0.6) is 0 Å². The molecule has 212 valence electrons. The van der Waals surface area contributed by atoms with E-state index in [0.717, 1.165) is 33.5 Å². The Morgan fingerprint density at radius 1 is 0.422 bits per heavy atom. The van der Waals surface area contributed by atoms with E-state index >= 15 is 0 Å². The third-order valence-electron chi connectivity index (χ3n) is 9.10. The molecule has 0 saturated heterocycles. The third kappa shape index (κ3) is 4.34. The number of hydrogen-bond donors (Lipinski definition) is 1. The third-order valence-corrected chi connectivity index (χ3v) is 9.10. The Kier molecular flexibility index (Phi) is 5.76. The van der Waals surface area contributed by atoms with Gasteiger partial charge in [0.15, 0.2) is 5.58 Å². The second-order valence-corrected chi connectivity index (χ2v) is 11.9. The standard InChI is InChI=1S/C43H29NO/c1-27-23-36-9-4-5-10-38(36)41-39-11-6-12-40(43(39)45-42(27)41)44-37-21-19-29(20-22-37)31-15-16-34-26-35(18-17-33(34)25-31)32-14-13-28-7-2-3-8-30(28)24-32/h2-26,44H,1H3. The van der Waals surface area contributed by atoms with Crippen LogP contribution in [0.4, 0.5) is 11.4 Å². The summed E-state index contributed by atoms with van der Waals surface area (Å²) in [5, 5.41) is 13.4. The molecule has 1 N–H and O–H groups in total. The van der Waals surface area contributed by atoms with Gasteiger partial charge in [-0.25, -0.2) is 0 Å². The Bertz CT molecular complexity index is 2570. The molecule has 0 aliphatic carbocycles. The SMILES string of the molecule is Cc1cc2ccccc2c2c1oc1c(Nc3ccc(-c4ccc5cc(-c6ccc7ccccc7c6)ccc5c4)cc3)cccc12. The first-order chi connectivity index (χ1) is 22.2. The van der Waals surface area contributed by atoms with Crippen LogP contribution in [0.15, 0.2) is 156 Å². The first kappa shape index (κ1) is 25.6. The van der Waals surface area contributed by atoms with Crippen molar-refractivity contribution in [2.45, 2.75) is 6.92 Å². The maximum atomic E-state index is 6.52. The van der Waals surface area contributed by atoms with Crippen LogP contribution in [-0.2, 0) is 0 Å². The molecule has 2 nitrogen and oxygen atoms in total. The number of furan rings is 1. The van der Waals surface area contributed by atoms with Gasteiger partial charge in [0.25, 0.3) is 0 Å². The largest absolute Gasteiger partial charge is 0.454 e. The van der Waals surface area contributed by atoms with Crippen LogP contribution in [-0.4, -0.2) is 0 Å². The smallest absolute Gasteiger partial charge is 0.158 e. The molecule has 1 aromatic heterocycles. The summed E-state index contributed by atoms with van der Waals surface area (Å²) in [6.07, 6.45) is 0. The van der Waals surface area contributed by atoms with Crippen molar-refractivity contribution in [2.24, 2.45) is 0 Å². The fourth-order valence-corrected chi connectivity index (χ4v) is 6.79. The number of aryl methyl sites for hydroxylation is 1. The van der Waals surface area contributed by atoms with E-state index in [-0.39, 0.29) is 0 Å². The van der Waals surface area contributed by atoms with E-state index in [9.17, 15) is 0 Å². The van der Waals surface area contributed by atoms with Crippen molar-refractivity contribution in [1.29, 1.82) is 0 Å². The van der Waals surface area contributed by atoms with E-state index in [1.165, 1.54) is 60.0 Å². The molecular formula is C43H29NO. The van der Waals surface area contributed by atoms with Crippen molar-refractivity contribution in [3.8, 4) is 22.3 Å². The van der Waals surface area contributed by atoms with Crippen LogP contribution in [0.2, 0.25) is 0 Å². The van der Waals surface area contributed by atoms with Gasteiger partial charge in [-0.2, -0.15) is 0 Å². The maximum absolute atomic E-state index is 6.52. The molecule has 0 aliphatic rings. The number of anilines is 2. The highest BCUT2D eigenvalue weighted by molar-refractivity contribution is 6.21. The normalized spacial score (nSPS) is 11.7. The van der Waals surface area contributed by atoms with Gasteiger partial charge in [0, 0.05) is 16.5 Å². The molecular weight excluding hydrogens is 546 g/mol. The minimum absolute atomic E-state index is 0.883. The van der Waals surface area contributed by atoms with E-state index in [1.807, 2.05) is 0 Å². The molecule has 0 unspecified atom stereocenters. The van der Waals surface area contributed by atoms with Crippen molar-refractivity contribution in [3.05, 3.63) is 157 Å². The second kappa shape index (κ2) is 10.1. The molecule has 2 heteroatoms. The fourth-order valence-electron chi connectivity index (χ4n) is 6.79. The van der Waals surface area contributed by atoms with Gasteiger partial charge < -0.3 is 9.73 Å². The second-order valence-electron chi connectivity index (χ2n) is 11.9. The van der Waals surface area contributed by atoms with Gasteiger partial charge in [0.05, 0.1) is 5.69 Å². The molecule has 0 fully saturated rings. The van der Waals surface area contributed by atoms with Crippen LogP contribution in [0.1, 0.15) is 5.56 Å². The Morgan fingerprint density at radius 3 is 1.71 bits per heavy atom. The topological polar surface area (TPSA) is 25.2 Å². The van der Waals surface area contributed by atoms with Crippen LogP contribution in [0.25, 0.3) is 76.5 Å². The van der Waals surface area contributed by atoms with Crippen molar-refractivity contribution in [3.63, 3.8) is 0 Å². The molecule has 45 heavy (non-hydrogen) atoms. The highest BCUT2D eigenvalue weighted by Crippen LogP contribution is 2.40. The lowest BCUT2D eigenvalue weighted by molar-refractivity contribution is 0.667. The number of nitrogens with one attached hydrogen (secondary N) is 1. The Balaban J connectivity index is 1.01. The zero-order valence-electron chi connectivity index (χ0n) is 24.8. The van der Waals surface area contributed by atoms with E-state index in [2.05, 4.69) is 164 Å². The predicted octanol–water partition coefficient (Wildman–Crippen LogP) is 12.4. The number of hydrogen-bond acceptors (Lipinski definition) is 2. The molecule has 1 heterocycles. The number of fused-ring (bicyclic) bond motifs is 7. The summed E-state index contributed by atoms with van der Waals surface area (Å²) in [6.45, 7) is 2.12. The summed E-state index contributed by atoms with van der Waals surface area (Å²) in [5.41, 5.74) is 9.84. The molecule has 9 aromatic rings. The molecule has 0 aliphatic heterocycles. The summed E-state index contributed by atoms with van der Waals surface area (Å²) in [7, 11) is 0. The molecule has 0 spiro atoms. The van der Waals surface area contributed by atoms with Gasteiger partial charge in [0.2, 0.25) is 0 Å². The van der Waals surface area contributed by atoms with Gasteiger partial charge in [-0.1, -0.05) is 109 Å². The fraction of sp³-hybridized carbons (Fsp3) is 0.0233. The zero-order chi connectivity index (χ0) is 29.9. The average molecular weight is 576 g/mol. The van der Waals surface area contributed by atoms with Crippen LogP contribution in [0, 0.1) is 6.92 Å². The van der Waals surface area contributed by atoms with Gasteiger partial charge in [-0.05, 0) is 110 Å². The zero-order valence-corrected chi connectivity index (χ0v) is 24.8. The lowest BCUT2D eigenvalue weighted by atomic mass is 9.96. The van der Waals surface area contributed by atoms with E-state index in [4.69, 9.17) is 4.42 Å². The number of para-hydroxylation sites is 1. The summed E-state index contributed by atoms with van der Waals surface area (Å²) >= 11 is 0. The molecule has 0 atom stereocenters. The molecule has 0 saturated carbocycles. The van der Waals surface area contributed by atoms with E-state index < -0.39 is 0 Å². The van der Waals surface area contributed by atoms with Gasteiger partial charge in [-0.15, -0.1) is 0 Å². The van der Waals surface area contributed by atoms with E-state index in [0.29, 0.717) is 0 Å². The minimum atomic E-state index is 0.883. The first-order valence-corrected chi connectivity index (χ1v) is 15.4. The Hall–Kier alpha value is -5.86. The van der Waals surface area contributed by atoms with Crippen LogP contribution < -0.4 is 5.32 Å². The number of rotatable bonds is 4. The van der Waals surface area contributed by atoms with Crippen LogP contribution in [0.3, 0.4) is 0 Å². The summed E-state index contributed by atoms with van der Waals surface area (Å²) < 4.78 is 6.52. The summed E-state index contributed by atoms with van der Waals surface area (Å²) in [5.74, 6) is 0. The predicted molar refractivity (Wildman–Crippen MR) is 192 cm³/mol. The minimum Gasteiger partial charge on any atom is -0.454 e. The van der Waals surface area contributed by atoms with Crippen molar-refractivity contribution >= 4 is 65.6 Å². The summed E-state index contributed by atoms with van der Waals surface area (Å²) in [6, 6.07) is 54.5. The Labute approximate surface area is 261 Å². The van der Waals surface area contributed by atoms with Gasteiger partial charge >= 0.3 is 0 Å². The summed E-state index contributed by atoms with van der Waals surface area (Å²) in [4.78, 5) is 0. The maximum Gasteiger partial charge on any atom is 0.158 e. The molecule has 0 radical (unpaired) electrons. The Morgan fingerprint density at radius 2 is 0.978 bits per heavy atom. The first-order valence-electron chi connectivity index (χ1n) is 15.4. The highest BCUT2D eigenvalue weighted by Gasteiger charge is 2.15. The monoisotopic (exact) mass is 575 g/mol. The number of benzene rings is 8. The molecule has 9 rings (SSSR count). The quantitative estimate of drug-likeness (QED) is 0.226. The van der Waals surface area contributed by atoms with Gasteiger partial charge in [0.1, 0.15) is 5.58 Å². The molecule has 0 amide bonds. The lowest BCUT2D eigenvalue weighted by Gasteiger charge is -2.10. The lowest BCUT2D eigenvalue weighted by Crippen LogP contribution is -1.90. The average Bonchev–Trinajstić information content (AvgIpc) is 3.50. The van der Waals surface area contributed by atoms with Crippen molar-refractivity contribution in [1.82, 2.24) is 0 Å². The van der Waals surface area contributed by atoms with Crippen molar-refractivity contribution < 1.29 is 4.42 Å². The van der Waals surface area contributed by atoms with Gasteiger partial charge in [-0.3, -0.25) is 0 Å². The molecule has 0 bridgehead atoms. The highest BCUT2D eigenvalue weighted by atomic mass is 16.3. The van der Waals surface area contributed by atoms with Crippen LogP contribution >= 0.6 is 0 Å². The van der Waals surface area contributed by atoms with E-state index in [1.54, 1.807) is 0 Å². The molecule has 8 aromatic carbocycles.